The number of thiophene rings is 1. The fourth-order valence-corrected chi connectivity index (χ4v) is 5.73. The summed E-state index contributed by atoms with van der Waals surface area (Å²) in [4.78, 5) is 19.3. The molecule has 3 aromatic heterocycles. The molecule has 0 spiro atoms. The van der Waals surface area contributed by atoms with E-state index in [4.69, 9.17) is 9.97 Å². The van der Waals surface area contributed by atoms with Gasteiger partial charge in [-0.05, 0) is 38.2 Å². The average Bonchev–Trinajstić information content (AvgIpc) is 3.20. The van der Waals surface area contributed by atoms with Crippen LogP contribution in [0.1, 0.15) is 41.9 Å². The summed E-state index contributed by atoms with van der Waals surface area (Å²) in [5.74, 6) is 3.95. The van der Waals surface area contributed by atoms with Gasteiger partial charge >= 0.3 is 0 Å². The van der Waals surface area contributed by atoms with E-state index in [1.165, 1.54) is 53.1 Å². The number of nitrogens with zero attached hydrogens (tertiary/aromatic N) is 5. The van der Waals surface area contributed by atoms with Gasteiger partial charge in [0.15, 0.2) is 0 Å². The van der Waals surface area contributed by atoms with E-state index in [1.807, 2.05) is 24.5 Å². The Kier molecular flexibility index (Phi) is 3.96. The Bertz CT molecular complexity index is 951. The van der Waals surface area contributed by atoms with Gasteiger partial charge in [-0.15, -0.1) is 11.3 Å². The molecule has 26 heavy (non-hydrogen) atoms. The predicted molar refractivity (Wildman–Crippen MR) is 106 cm³/mol. The number of aromatic nitrogens is 4. The molecule has 3 aromatic rings. The van der Waals surface area contributed by atoms with E-state index in [9.17, 15) is 0 Å². The molecule has 1 saturated heterocycles. The Morgan fingerprint density at radius 3 is 2.88 bits per heavy atom. The molecule has 1 fully saturated rings. The quantitative estimate of drug-likeness (QED) is 0.704. The summed E-state index contributed by atoms with van der Waals surface area (Å²) in [6.45, 7) is 7.42. The third kappa shape index (κ3) is 2.62. The zero-order chi connectivity index (χ0) is 17.7. The molecular formula is C20H25N5S. The van der Waals surface area contributed by atoms with Gasteiger partial charge in [0, 0.05) is 49.2 Å². The van der Waals surface area contributed by atoms with Crippen molar-refractivity contribution >= 4 is 27.4 Å². The summed E-state index contributed by atoms with van der Waals surface area (Å²) >= 11 is 1.90. The van der Waals surface area contributed by atoms with Crippen molar-refractivity contribution in [2.24, 2.45) is 5.92 Å². The van der Waals surface area contributed by atoms with Crippen LogP contribution in [0.4, 0.5) is 5.82 Å². The van der Waals surface area contributed by atoms with Crippen LogP contribution in [0.5, 0.6) is 0 Å². The molecule has 0 aromatic carbocycles. The van der Waals surface area contributed by atoms with Gasteiger partial charge in [-0.2, -0.15) is 0 Å². The highest BCUT2D eigenvalue weighted by Gasteiger charge is 2.32. The lowest BCUT2D eigenvalue weighted by Gasteiger charge is -2.41. The van der Waals surface area contributed by atoms with Crippen molar-refractivity contribution in [2.45, 2.75) is 52.5 Å². The number of hydrogen-bond donors (Lipinski definition) is 0. The number of aryl methyl sites for hydroxylation is 4. The molecule has 1 aliphatic carbocycles. The number of fused-ring (bicyclic) bond motifs is 3. The van der Waals surface area contributed by atoms with Crippen molar-refractivity contribution in [3.8, 4) is 0 Å². The predicted octanol–water partition coefficient (Wildman–Crippen LogP) is 3.77. The smallest absolute Gasteiger partial charge is 0.141 e. The van der Waals surface area contributed by atoms with Crippen molar-refractivity contribution < 1.29 is 0 Å². The van der Waals surface area contributed by atoms with E-state index >= 15 is 0 Å². The Morgan fingerprint density at radius 2 is 2.04 bits per heavy atom. The Morgan fingerprint density at radius 1 is 1.19 bits per heavy atom. The first-order valence-electron chi connectivity index (χ1n) is 9.76. The number of rotatable bonds is 4. The van der Waals surface area contributed by atoms with Gasteiger partial charge in [0.25, 0.3) is 0 Å². The highest BCUT2D eigenvalue weighted by atomic mass is 32.1. The molecule has 2 aliphatic rings. The van der Waals surface area contributed by atoms with Gasteiger partial charge in [0.2, 0.25) is 0 Å². The second kappa shape index (κ2) is 6.34. The molecular weight excluding hydrogens is 342 g/mol. The lowest BCUT2D eigenvalue weighted by Crippen LogP contribution is -2.49. The molecule has 0 N–H and O–H groups in total. The van der Waals surface area contributed by atoms with E-state index in [2.05, 4.69) is 27.6 Å². The molecule has 0 unspecified atom stereocenters. The lowest BCUT2D eigenvalue weighted by molar-refractivity contribution is 0.351. The van der Waals surface area contributed by atoms with Gasteiger partial charge < -0.3 is 9.47 Å². The van der Waals surface area contributed by atoms with Crippen molar-refractivity contribution in [3.05, 3.63) is 34.5 Å². The van der Waals surface area contributed by atoms with Crippen LogP contribution in [0.3, 0.4) is 0 Å². The molecule has 5 rings (SSSR count). The Balaban J connectivity index is 1.41. The Labute approximate surface area is 158 Å². The van der Waals surface area contributed by atoms with Gasteiger partial charge in [-0.1, -0.05) is 6.92 Å². The van der Waals surface area contributed by atoms with Crippen LogP contribution in [0.2, 0.25) is 0 Å². The molecule has 1 aliphatic heterocycles. The number of imidazole rings is 1. The monoisotopic (exact) mass is 367 g/mol. The zero-order valence-electron chi connectivity index (χ0n) is 15.5. The molecule has 0 saturated carbocycles. The molecule has 0 radical (unpaired) electrons. The van der Waals surface area contributed by atoms with Crippen molar-refractivity contribution in [1.82, 2.24) is 19.5 Å². The van der Waals surface area contributed by atoms with Crippen molar-refractivity contribution in [2.75, 3.05) is 18.0 Å². The second-order valence-electron chi connectivity index (χ2n) is 7.61. The first-order chi connectivity index (χ1) is 12.7. The van der Waals surface area contributed by atoms with E-state index in [-0.39, 0.29) is 0 Å². The fourth-order valence-electron chi connectivity index (χ4n) is 4.43. The first kappa shape index (κ1) is 16.2. The van der Waals surface area contributed by atoms with Crippen LogP contribution >= 0.6 is 11.3 Å². The normalized spacial score (nSPS) is 17.5. The van der Waals surface area contributed by atoms with E-state index in [0.29, 0.717) is 5.92 Å². The van der Waals surface area contributed by atoms with Gasteiger partial charge in [0.05, 0.1) is 5.39 Å². The summed E-state index contributed by atoms with van der Waals surface area (Å²) in [5, 5.41) is 1.35. The highest BCUT2D eigenvalue weighted by Crippen LogP contribution is 2.41. The van der Waals surface area contributed by atoms with Crippen LogP contribution in [0, 0.1) is 12.8 Å². The number of anilines is 1. The maximum Gasteiger partial charge on any atom is 0.141 e. The maximum atomic E-state index is 4.87. The van der Waals surface area contributed by atoms with Gasteiger partial charge in [-0.3, -0.25) is 0 Å². The van der Waals surface area contributed by atoms with Crippen molar-refractivity contribution in [1.29, 1.82) is 0 Å². The van der Waals surface area contributed by atoms with E-state index in [1.54, 1.807) is 4.88 Å². The second-order valence-corrected chi connectivity index (χ2v) is 8.69. The third-order valence-corrected chi connectivity index (χ3v) is 6.92. The summed E-state index contributed by atoms with van der Waals surface area (Å²) in [6, 6.07) is 0. The highest BCUT2D eigenvalue weighted by molar-refractivity contribution is 7.19. The van der Waals surface area contributed by atoms with Crippen LogP contribution in [-0.4, -0.2) is 32.6 Å². The molecule has 5 nitrogen and oxygen atoms in total. The average molecular weight is 368 g/mol. The summed E-state index contributed by atoms with van der Waals surface area (Å²) < 4.78 is 2.31. The minimum atomic E-state index is 0.675. The summed E-state index contributed by atoms with van der Waals surface area (Å²) in [7, 11) is 0. The van der Waals surface area contributed by atoms with Crippen LogP contribution in [0.25, 0.3) is 10.2 Å². The van der Waals surface area contributed by atoms with E-state index in [0.717, 1.165) is 31.9 Å². The zero-order valence-corrected chi connectivity index (χ0v) is 16.3. The molecule has 6 heteroatoms. The largest absolute Gasteiger partial charge is 0.355 e. The summed E-state index contributed by atoms with van der Waals surface area (Å²) in [6.07, 6.45) is 10.1. The van der Waals surface area contributed by atoms with Gasteiger partial charge in [0.1, 0.15) is 22.3 Å². The maximum absolute atomic E-state index is 4.87. The molecule has 0 atom stereocenters. The molecule has 0 bridgehead atoms. The van der Waals surface area contributed by atoms with Crippen LogP contribution in [0.15, 0.2) is 12.4 Å². The summed E-state index contributed by atoms with van der Waals surface area (Å²) in [5.41, 5.74) is 1.54. The minimum absolute atomic E-state index is 0.675. The van der Waals surface area contributed by atoms with E-state index < -0.39 is 0 Å². The number of hydrogen-bond acceptors (Lipinski definition) is 5. The first-order valence-corrected chi connectivity index (χ1v) is 10.6. The lowest BCUT2D eigenvalue weighted by atomic mass is 9.95. The topological polar surface area (TPSA) is 46.8 Å². The Hall–Kier alpha value is -1.95. The third-order valence-electron chi connectivity index (χ3n) is 5.74. The standard InChI is InChI=1S/C20H25N5S/c1-3-17-21-8-9-24(17)10-14-11-25(12-14)19-18-15-6-4-5-7-16(15)26-20(18)23-13(2)22-19/h8-9,14H,3-7,10-12H2,1-2H3. The van der Waals surface area contributed by atoms with Crippen LogP contribution in [-0.2, 0) is 25.8 Å². The fraction of sp³-hybridized carbons (Fsp3) is 0.550. The van der Waals surface area contributed by atoms with Crippen molar-refractivity contribution in [3.63, 3.8) is 0 Å². The minimum Gasteiger partial charge on any atom is -0.355 e. The molecule has 4 heterocycles. The van der Waals surface area contributed by atoms with Crippen LogP contribution < -0.4 is 4.90 Å². The molecule has 0 amide bonds. The SMILES string of the molecule is CCc1nccn1CC1CN(c2nc(C)nc3sc4c(c23)CCCC4)C1. The van der Waals surface area contributed by atoms with Gasteiger partial charge in [-0.25, -0.2) is 15.0 Å². The molecule has 136 valence electrons.